The van der Waals surface area contributed by atoms with E-state index in [0.29, 0.717) is 11.8 Å². The minimum absolute atomic E-state index is 0.434. The molecule has 0 saturated carbocycles. The lowest BCUT2D eigenvalue weighted by molar-refractivity contribution is -0.115. The molecular weight excluding hydrogens is 344 g/mol. The number of halogens is 1. The molecule has 1 amide bonds. The number of hydrogen-bond donors (Lipinski definition) is 3. The summed E-state index contributed by atoms with van der Waals surface area (Å²) < 4.78 is 23.6. The van der Waals surface area contributed by atoms with Crippen molar-refractivity contribution in [2.24, 2.45) is 0 Å². The van der Waals surface area contributed by atoms with E-state index < -0.39 is 25.5 Å². The van der Waals surface area contributed by atoms with Crippen LogP contribution in [0.15, 0.2) is 35.9 Å². The average Bonchev–Trinajstić information content (AvgIpc) is 2.56. The van der Waals surface area contributed by atoms with Crippen LogP contribution in [0.4, 0.5) is 10.1 Å². The molecule has 0 aliphatic heterocycles. The van der Waals surface area contributed by atoms with Gasteiger partial charge in [-0.05, 0) is 36.6 Å². The van der Waals surface area contributed by atoms with Gasteiger partial charge >= 0.3 is 7.60 Å². The Hall–Kier alpha value is -1.49. The Morgan fingerprint density at radius 2 is 1.72 bits per heavy atom. The summed E-state index contributed by atoms with van der Waals surface area (Å²) in [5.41, 5.74) is 0.180. The normalized spacial score (nSPS) is 12.2. The van der Waals surface area contributed by atoms with Gasteiger partial charge in [0.05, 0.1) is 0 Å². The molecule has 0 aliphatic rings. The van der Waals surface area contributed by atoms with Gasteiger partial charge in [0.1, 0.15) is 0 Å². The number of carbonyl (C=O) groups excluding carboxylic acids is 1. The second-order valence-corrected chi connectivity index (χ2v) is 7.55. The highest BCUT2D eigenvalue weighted by atomic mass is 31.2. The number of rotatable bonds is 11. The van der Waals surface area contributed by atoms with Gasteiger partial charge in [-0.1, -0.05) is 51.2 Å². The Morgan fingerprint density at radius 3 is 2.32 bits per heavy atom. The number of carbonyl (C=O) groups is 1. The number of anilines is 1. The Labute approximate surface area is 148 Å². The van der Waals surface area contributed by atoms with Crippen molar-refractivity contribution >= 4 is 19.2 Å². The number of benzene rings is 1. The van der Waals surface area contributed by atoms with Crippen LogP contribution in [0.2, 0.25) is 0 Å². The van der Waals surface area contributed by atoms with Crippen LogP contribution in [0, 0.1) is 0 Å². The predicted molar refractivity (Wildman–Crippen MR) is 98.0 cm³/mol. The van der Waals surface area contributed by atoms with E-state index in [-0.39, 0.29) is 0 Å². The molecule has 5 nitrogen and oxygen atoms in total. The van der Waals surface area contributed by atoms with Crippen molar-refractivity contribution in [1.29, 1.82) is 0 Å². The Kier molecular flexibility index (Phi) is 9.65. The second kappa shape index (κ2) is 11.2. The summed E-state index contributed by atoms with van der Waals surface area (Å²) in [5.74, 6) is -0.535. The molecule has 0 radical (unpaired) electrons. The third-order valence-corrected chi connectivity index (χ3v) is 4.53. The minimum Gasteiger partial charge on any atom is -0.326 e. The smallest absolute Gasteiger partial charge is 0.326 e. The lowest BCUT2D eigenvalue weighted by Crippen LogP contribution is -2.10. The summed E-state index contributed by atoms with van der Waals surface area (Å²) in [5, 5.41) is 2.56. The molecule has 0 spiro atoms. The summed E-state index contributed by atoms with van der Waals surface area (Å²) in [6.45, 7) is 2.20. The van der Waals surface area contributed by atoms with Crippen LogP contribution in [0.25, 0.3) is 0 Å². The molecule has 0 aromatic heterocycles. The van der Waals surface area contributed by atoms with Gasteiger partial charge in [-0.15, -0.1) is 0 Å². The molecule has 0 fully saturated rings. The lowest BCUT2D eigenvalue weighted by atomic mass is 10.0. The van der Waals surface area contributed by atoms with E-state index in [9.17, 15) is 13.8 Å². The Balaban J connectivity index is 2.36. The molecule has 1 rings (SSSR count). The van der Waals surface area contributed by atoms with Crippen LogP contribution in [-0.4, -0.2) is 15.7 Å². The Bertz CT molecular complexity index is 610. The van der Waals surface area contributed by atoms with E-state index in [4.69, 9.17) is 9.79 Å². The second-order valence-electron chi connectivity index (χ2n) is 6.04. The number of unbranched alkanes of at least 4 members (excludes halogenated alkanes) is 5. The first-order valence-electron chi connectivity index (χ1n) is 8.63. The molecule has 3 N–H and O–H groups in total. The zero-order valence-electron chi connectivity index (χ0n) is 14.6. The molecule has 0 unspecified atom stereocenters. The van der Waals surface area contributed by atoms with Crippen molar-refractivity contribution in [2.75, 3.05) is 5.32 Å². The van der Waals surface area contributed by atoms with Crippen molar-refractivity contribution in [3.63, 3.8) is 0 Å². The molecule has 0 bridgehead atoms. The van der Waals surface area contributed by atoms with Crippen LogP contribution >= 0.6 is 7.60 Å². The summed E-state index contributed by atoms with van der Waals surface area (Å²) in [6, 6.07) is 7.42. The molecule has 0 saturated heterocycles. The number of amides is 1. The molecule has 0 atom stereocenters. The van der Waals surface area contributed by atoms with Gasteiger partial charge in [-0.25, -0.2) is 0 Å². The van der Waals surface area contributed by atoms with E-state index in [1.807, 2.05) is 12.1 Å². The van der Waals surface area contributed by atoms with Gasteiger partial charge < -0.3 is 15.1 Å². The fourth-order valence-electron chi connectivity index (χ4n) is 2.37. The Morgan fingerprint density at radius 1 is 1.12 bits per heavy atom. The highest BCUT2D eigenvalue weighted by molar-refractivity contribution is 7.56. The van der Waals surface area contributed by atoms with E-state index in [0.717, 1.165) is 12.8 Å². The maximum absolute atomic E-state index is 13.0. The maximum Gasteiger partial charge on any atom is 0.384 e. The summed E-state index contributed by atoms with van der Waals surface area (Å²) >= 11 is 0. The SMILES string of the molecule is CCCCCCCCc1ccc(NC(=O)C/C=C(\F)P(=O)(O)O)cc1. The topological polar surface area (TPSA) is 86.6 Å². The highest BCUT2D eigenvalue weighted by Gasteiger charge is 2.20. The fraction of sp³-hybridized carbons (Fsp3) is 0.500. The van der Waals surface area contributed by atoms with E-state index in [2.05, 4.69) is 12.2 Å². The molecular formula is C18H27FNO4P. The van der Waals surface area contributed by atoms with Crippen molar-refractivity contribution in [2.45, 2.75) is 58.3 Å². The van der Waals surface area contributed by atoms with Crippen LogP contribution in [0.3, 0.4) is 0 Å². The fourth-order valence-corrected chi connectivity index (χ4v) is 2.70. The molecule has 7 heteroatoms. The van der Waals surface area contributed by atoms with Gasteiger partial charge in [0.15, 0.2) is 0 Å². The van der Waals surface area contributed by atoms with Crippen LogP contribution < -0.4 is 5.32 Å². The molecule has 1 aromatic carbocycles. The van der Waals surface area contributed by atoms with Gasteiger partial charge in [-0.3, -0.25) is 9.36 Å². The lowest BCUT2D eigenvalue weighted by Gasteiger charge is -2.06. The summed E-state index contributed by atoms with van der Waals surface area (Å²) in [7, 11) is -4.91. The molecule has 0 aliphatic carbocycles. The predicted octanol–water partition coefficient (Wildman–Crippen LogP) is 4.91. The van der Waals surface area contributed by atoms with Gasteiger partial charge in [-0.2, -0.15) is 4.39 Å². The van der Waals surface area contributed by atoms with Crippen molar-refractivity contribution in [3.05, 3.63) is 41.5 Å². The van der Waals surface area contributed by atoms with Crippen molar-refractivity contribution in [1.82, 2.24) is 0 Å². The maximum atomic E-state index is 13.0. The quantitative estimate of drug-likeness (QED) is 0.381. The molecule has 0 heterocycles. The largest absolute Gasteiger partial charge is 0.384 e. The summed E-state index contributed by atoms with van der Waals surface area (Å²) in [4.78, 5) is 28.8. The third-order valence-electron chi connectivity index (χ3n) is 3.79. The number of aryl methyl sites for hydroxylation is 1. The van der Waals surface area contributed by atoms with E-state index >= 15 is 0 Å². The van der Waals surface area contributed by atoms with Gasteiger partial charge in [0, 0.05) is 12.1 Å². The van der Waals surface area contributed by atoms with Gasteiger partial charge in [0.2, 0.25) is 11.5 Å². The van der Waals surface area contributed by atoms with Crippen LogP contribution in [-0.2, 0) is 15.8 Å². The average molecular weight is 371 g/mol. The first kappa shape index (κ1) is 21.6. The molecule has 140 valence electrons. The third kappa shape index (κ3) is 9.54. The zero-order valence-corrected chi connectivity index (χ0v) is 15.5. The van der Waals surface area contributed by atoms with Gasteiger partial charge in [0.25, 0.3) is 0 Å². The first-order valence-corrected chi connectivity index (χ1v) is 10.2. The molecule has 1 aromatic rings. The zero-order chi connectivity index (χ0) is 18.7. The highest BCUT2D eigenvalue weighted by Crippen LogP contribution is 2.45. The van der Waals surface area contributed by atoms with Crippen LogP contribution in [0.5, 0.6) is 0 Å². The summed E-state index contributed by atoms with van der Waals surface area (Å²) in [6.07, 6.45) is 8.61. The van der Waals surface area contributed by atoms with E-state index in [1.165, 1.54) is 37.7 Å². The van der Waals surface area contributed by atoms with Crippen molar-refractivity contribution in [3.8, 4) is 0 Å². The monoisotopic (exact) mass is 371 g/mol. The van der Waals surface area contributed by atoms with E-state index in [1.54, 1.807) is 12.1 Å². The van der Waals surface area contributed by atoms with Crippen LogP contribution in [0.1, 0.15) is 57.4 Å². The molecule has 25 heavy (non-hydrogen) atoms. The standard InChI is InChI=1S/C18H27FNO4P/c1-2-3-4-5-6-7-8-15-9-11-16(12-10-15)20-18(21)14-13-17(19)25(22,23)24/h9-13H,2-8,14H2,1H3,(H,20,21)(H2,22,23,24)/b17-13+. The van der Waals surface area contributed by atoms with Crippen molar-refractivity contribution < 1.29 is 23.5 Å². The number of hydrogen-bond acceptors (Lipinski definition) is 2. The first-order chi connectivity index (χ1) is 11.8. The number of nitrogens with one attached hydrogen (secondary N) is 1. The minimum atomic E-state index is -4.91.